The average Bonchev–Trinajstić information content (AvgIpc) is 2.95. The Morgan fingerprint density at radius 2 is 2.26 bits per heavy atom. The summed E-state index contributed by atoms with van der Waals surface area (Å²) in [4.78, 5) is 11.3. The summed E-state index contributed by atoms with van der Waals surface area (Å²) in [7, 11) is 0. The van der Waals surface area contributed by atoms with Gasteiger partial charge in [-0.3, -0.25) is 0 Å². The highest BCUT2D eigenvalue weighted by Crippen LogP contribution is 2.28. The van der Waals surface area contributed by atoms with Crippen molar-refractivity contribution in [3.8, 4) is 0 Å². The van der Waals surface area contributed by atoms with E-state index in [1.54, 1.807) is 0 Å². The summed E-state index contributed by atoms with van der Waals surface area (Å²) < 4.78 is 1.23. The molecule has 0 bridgehead atoms. The molecule has 0 radical (unpaired) electrons. The lowest BCUT2D eigenvalue weighted by atomic mass is 10.1. The molecule has 0 saturated heterocycles. The van der Waals surface area contributed by atoms with E-state index in [-0.39, 0.29) is 0 Å². The van der Waals surface area contributed by atoms with Crippen molar-refractivity contribution in [2.45, 2.75) is 12.8 Å². The first-order chi connectivity index (χ1) is 9.16. The van der Waals surface area contributed by atoms with Gasteiger partial charge in [0.05, 0.1) is 5.69 Å². The maximum atomic E-state index is 11.3. The number of fused-ring (bicyclic) bond motifs is 1. The molecular weight excluding hydrogens is 264 g/mol. The third-order valence-electron chi connectivity index (χ3n) is 3.26. The van der Waals surface area contributed by atoms with Crippen molar-refractivity contribution >= 4 is 23.4 Å². The quantitative estimate of drug-likeness (QED) is 0.881. The zero-order chi connectivity index (χ0) is 13.4. The van der Waals surface area contributed by atoms with Crippen molar-refractivity contribution in [3.63, 3.8) is 0 Å². The van der Waals surface area contributed by atoms with E-state index < -0.39 is 6.03 Å². The molecule has 0 aliphatic carbocycles. The van der Waals surface area contributed by atoms with Crippen molar-refractivity contribution in [1.29, 1.82) is 0 Å². The maximum Gasteiger partial charge on any atom is 0.341 e. The fraction of sp³-hybridized carbons (Fsp3) is 0.231. The molecule has 3 N–H and O–H groups in total. The minimum Gasteiger partial charge on any atom is -0.369 e. The van der Waals surface area contributed by atoms with E-state index in [9.17, 15) is 4.79 Å². The van der Waals surface area contributed by atoms with Crippen LogP contribution >= 0.6 is 11.6 Å². The molecule has 6 heteroatoms. The van der Waals surface area contributed by atoms with E-state index >= 15 is 0 Å². The minimum atomic E-state index is -0.573. The van der Waals surface area contributed by atoms with Crippen LogP contribution in [0.5, 0.6) is 0 Å². The monoisotopic (exact) mass is 276 g/mol. The number of halogens is 1. The topological polar surface area (TPSA) is 72.9 Å². The lowest BCUT2D eigenvalue weighted by molar-refractivity contribution is 0.248. The first kappa shape index (κ1) is 12.0. The van der Waals surface area contributed by atoms with E-state index in [1.165, 1.54) is 4.68 Å². The molecule has 5 nitrogen and oxygen atoms in total. The first-order valence-electron chi connectivity index (χ1n) is 6.04. The number of carbonyl (C=O) groups excluding carboxylic acids is 1. The summed E-state index contributed by atoms with van der Waals surface area (Å²) in [5, 5.41) is 8.13. The molecule has 0 spiro atoms. The van der Waals surface area contributed by atoms with Gasteiger partial charge in [-0.2, -0.15) is 9.78 Å². The Morgan fingerprint density at radius 3 is 3.00 bits per heavy atom. The number of amides is 1. The molecule has 2 aromatic rings. The second-order valence-electron chi connectivity index (χ2n) is 4.47. The number of hydrogen-bond acceptors (Lipinski definition) is 3. The van der Waals surface area contributed by atoms with Gasteiger partial charge in [-0.15, -0.1) is 0 Å². The van der Waals surface area contributed by atoms with E-state index in [0.29, 0.717) is 11.4 Å². The van der Waals surface area contributed by atoms with Crippen LogP contribution in [0.15, 0.2) is 24.3 Å². The second-order valence-corrected chi connectivity index (χ2v) is 4.88. The van der Waals surface area contributed by atoms with Gasteiger partial charge in [-0.25, -0.2) is 4.79 Å². The highest BCUT2D eigenvalue weighted by Gasteiger charge is 2.24. The lowest BCUT2D eigenvalue weighted by Crippen LogP contribution is -2.22. The highest BCUT2D eigenvalue weighted by molar-refractivity contribution is 6.31. The number of aromatic nitrogens is 2. The fourth-order valence-corrected chi connectivity index (χ4v) is 2.57. The summed E-state index contributed by atoms with van der Waals surface area (Å²) in [6, 6.07) is 7.06. The van der Waals surface area contributed by atoms with Crippen molar-refractivity contribution in [2.75, 3.05) is 11.9 Å². The molecule has 98 valence electrons. The number of benzene rings is 1. The SMILES string of the molecule is NC(=O)n1nc(Cc2ccccc2Cl)c2c1NCC2. The Bertz CT molecular complexity index is 650. The Kier molecular flexibility index (Phi) is 2.91. The Balaban J connectivity index is 2.01. The molecule has 3 rings (SSSR count). The summed E-state index contributed by atoms with van der Waals surface area (Å²) in [6.45, 7) is 0.802. The van der Waals surface area contributed by atoms with Gasteiger partial charge in [0.1, 0.15) is 5.82 Å². The number of rotatable bonds is 2. The van der Waals surface area contributed by atoms with Gasteiger partial charge in [0.15, 0.2) is 0 Å². The van der Waals surface area contributed by atoms with Gasteiger partial charge in [0.25, 0.3) is 0 Å². The minimum absolute atomic E-state index is 0.573. The fourth-order valence-electron chi connectivity index (χ4n) is 2.37. The first-order valence-corrected chi connectivity index (χ1v) is 6.42. The van der Waals surface area contributed by atoms with Crippen LogP contribution in [-0.2, 0) is 12.8 Å². The zero-order valence-electron chi connectivity index (χ0n) is 10.2. The Labute approximate surface area is 115 Å². The predicted molar refractivity (Wildman–Crippen MR) is 73.7 cm³/mol. The van der Waals surface area contributed by atoms with Crippen LogP contribution in [0.2, 0.25) is 5.02 Å². The molecule has 1 aromatic carbocycles. The summed E-state index contributed by atoms with van der Waals surface area (Å²) in [6.07, 6.45) is 1.45. The van der Waals surface area contributed by atoms with E-state index in [1.807, 2.05) is 24.3 Å². The number of carbonyl (C=O) groups is 1. The average molecular weight is 277 g/mol. The van der Waals surface area contributed by atoms with Crippen LogP contribution in [0.25, 0.3) is 0 Å². The molecule has 0 atom stereocenters. The largest absolute Gasteiger partial charge is 0.369 e. The maximum absolute atomic E-state index is 11.3. The van der Waals surface area contributed by atoms with Crippen molar-refractivity contribution in [2.24, 2.45) is 5.73 Å². The molecule has 0 saturated carbocycles. The molecule has 1 amide bonds. The Hall–Kier alpha value is -2.01. The number of anilines is 1. The normalized spacial score (nSPS) is 13.1. The molecule has 0 unspecified atom stereocenters. The summed E-state index contributed by atoms with van der Waals surface area (Å²) in [5.41, 5.74) is 8.22. The van der Waals surface area contributed by atoms with Crippen LogP contribution in [0.1, 0.15) is 16.8 Å². The molecule has 2 heterocycles. The van der Waals surface area contributed by atoms with Gasteiger partial charge in [0.2, 0.25) is 0 Å². The van der Waals surface area contributed by atoms with Gasteiger partial charge in [-0.1, -0.05) is 29.8 Å². The van der Waals surface area contributed by atoms with Crippen LogP contribution in [0.4, 0.5) is 10.6 Å². The molecular formula is C13H13ClN4O. The second kappa shape index (κ2) is 4.59. The Morgan fingerprint density at radius 1 is 1.47 bits per heavy atom. The van der Waals surface area contributed by atoms with Crippen molar-refractivity contribution < 1.29 is 4.79 Å². The van der Waals surface area contributed by atoms with Gasteiger partial charge >= 0.3 is 6.03 Å². The van der Waals surface area contributed by atoms with Gasteiger partial charge < -0.3 is 11.1 Å². The van der Waals surface area contributed by atoms with Crippen LogP contribution in [-0.4, -0.2) is 22.4 Å². The van der Waals surface area contributed by atoms with E-state index in [4.69, 9.17) is 17.3 Å². The van der Waals surface area contributed by atoms with Crippen molar-refractivity contribution in [1.82, 2.24) is 9.78 Å². The molecule has 19 heavy (non-hydrogen) atoms. The zero-order valence-corrected chi connectivity index (χ0v) is 10.9. The highest BCUT2D eigenvalue weighted by atomic mass is 35.5. The van der Waals surface area contributed by atoms with Crippen LogP contribution in [0.3, 0.4) is 0 Å². The molecule has 1 aliphatic heterocycles. The molecule has 1 aliphatic rings. The van der Waals surface area contributed by atoms with E-state index in [2.05, 4.69) is 10.4 Å². The lowest BCUT2D eigenvalue weighted by Gasteiger charge is -2.02. The molecule has 1 aromatic heterocycles. The van der Waals surface area contributed by atoms with Crippen LogP contribution in [0, 0.1) is 0 Å². The van der Waals surface area contributed by atoms with E-state index in [0.717, 1.165) is 35.6 Å². The van der Waals surface area contributed by atoms with Crippen LogP contribution < -0.4 is 11.1 Å². The summed E-state index contributed by atoms with van der Waals surface area (Å²) in [5.74, 6) is 0.717. The number of nitrogens with zero attached hydrogens (tertiary/aromatic N) is 2. The van der Waals surface area contributed by atoms with Gasteiger partial charge in [-0.05, 0) is 18.1 Å². The standard InChI is InChI=1S/C13H13ClN4O/c14-10-4-2-1-3-8(10)7-11-9-5-6-16-12(9)18(17-11)13(15)19/h1-4,16H,5-7H2,(H2,15,19). The third-order valence-corrected chi connectivity index (χ3v) is 3.63. The number of primary amides is 1. The predicted octanol–water partition coefficient (Wildman–Crippen LogP) is 2.02. The third kappa shape index (κ3) is 2.06. The number of nitrogens with one attached hydrogen (secondary N) is 1. The smallest absolute Gasteiger partial charge is 0.341 e. The number of hydrogen-bond donors (Lipinski definition) is 2. The summed E-state index contributed by atoms with van der Waals surface area (Å²) >= 11 is 6.15. The number of nitrogens with two attached hydrogens (primary N) is 1. The van der Waals surface area contributed by atoms with Crippen molar-refractivity contribution in [3.05, 3.63) is 46.1 Å². The van der Waals surface area contributed by atoms with Gasteiger partial charge in [0, 0.05) is 23.6 Å². The molecule has 0 fully saturated rings.